The number of oxime groups is 1. The Morgan fingerprint density at radius 1 is 1.34 bits per heavy atom. The van der Waals surface area contributed by atoms with Crippen molar-refractivity contribution in [3.8, 4) is 11.4 Å². The van der Waals surface area contributed by atoms with Crippen LogP contribution in [0.15, 0.2) is 53.1 Å². The molecular weight excluding hydrogens is 574 g/mol. The molecule has 6 rings (SSSR count). The number of nitrogens with one attached hydrogen (secondary N) is 2. The highest BCUT2D eigenvalue weighted by Crippen LogP contribution is 2.40. The van der Waals surface area contributed by atoms with Crippen LogP contribution in [0.4, 0.5) is 5.13 Å². The van der Waals surface area contributed by atoms with Crippen molar-refractivity contribution in [3.05, 3.63) is 53.8 Å². The van der Waals surface area contributed by atoms with Gasteiger partial charge in [-0.1, -0.05) is 11.2 Å². The van der Waals surface area contributed by atoms with Gasteiger partial charge in [0.15, 0.2) is 24.1 Å². The minimum Gasteiger partial charge on any atom is -0.543 e. The minimum atomic E-state index is -1.48. The zero-order chi connectivity index (χ0) is 28.5. The van der Waals surface area contributed by atoms with Crippen LogP contribution in [-0.2, 0) is 25.8 Å². The van der Waals surface area contributed by atoms with Crippen LogP contribution in [-0.4, -0.2) is 81.6 Å². The number of H-pyrrole nitrogens is 1. The quantitative estimate of drug-likeness (QED) is 0.0814. The van der Waals surface area contributed by atoms with Crippen LogP contribution in [0.5, 0.6) is 0 Å². The summed E-state index contributed by atoms with van der Waals surface area (Å²) in [6, 6.07) is 2.53. The first-order chi connectivity index (χ1) is 19.9. The summed E-state index contributed by atoms with van der Waals surface area (Å²) in [5.41, 5.74) is 6.46. The first kappa shape index (κ1) is 26.5. The summed E-state index contributed by atoms with van der Waals surface area (Å²) in [5, 5.41) is 32.0. The molecule has 0 radical (unpaired) electrons. The average molecular weight is 596 g/mol. The monoisotopic (exact) mass is 595 g/mol. The number of carboxylic acids is 1. The number of hydrogen-bond acceptors (Lipinski definition) is 14. The second-order valence-corrected chi connectivity index (χ2v) is 11.0. The summed E-state index contributed by atoms with van der Waals surface area (Å²) < 4.78 is 5.81. The summed E-state index contributed by atoms with van der Waals surface area (Å²) in [6.07, 6.45) is 8.50. The van der Waals surface area contributed by atoms with Crippen LogP contribution in [0.2, 0.25) is 0 Å². The molecule has 5 heterocycles. The van der Waals surface area contributed by atoms with Gasteiger partial charge in [0.05, 0.1) is 11.7 Å². The van der Waals surface area contributed by atoms with Crippen molar-refractivity contribution in [2.45, 2.75) is 36.9 Å². The Labute approximate surface area is 239 Å². The smallest absolute Gasteiger partial charge is 0.278 e. The highest BCUT2D eigenvalue weighted by Gasteiger charge is 2.53. The number of carboxylic acid groups (broad SMARTS) is 1. The number of anilines is 1. The molecule has 16 nitrogen and oxygen atoms in total. The lowest BCUT2D eigenvalue weighted by Crippen LogP contribution is -2.71. The molecule has 2 amide bonds. The number of nitrogens with zero attached hydrogens (tertiary/aromatic N) is 8. The number of carbonyl (C=O) groups is 3. The number of thioether (sulfide) groups is 1. The number of nitrogens with two attached hydrogens (primary N) is 1. The van der Waals surface area contributed by atoms with E-state index in [1.807, 2.05) is 12.2 Å². The van der Waals surface area contributed by atoms with Crippen molar-refractivity contribution >= 4 is 51.9 Å². The zero-order valence-corrected chi connectivity index (χ0v) is 22.7. The van der Waals surface area contributed by atoms with E-state index in [2.05, 4.69) is 40.5 Å². The van der Waals surface area contributed by atoms with Crippen LogP contribution in [0.1, 0.15) is 18.7 Å². The zero-order valence-electron chi connectivity index (χ0n) is 21.0. The Balaban J connectivity index is 1.18. The van der Waals surface area contributed by atoms with Crippen LogP contribution < -0.4 is 20.7 Å². The number of β-lactam (4-membered cyclic amide) rings is 1. The Morgan fingerprint density at radius 2 is 2.17 bits per heavy atom. The van der Waals surface area contributed by atoms with E-state index in [9.17, 15) is 19.5 Å². The van der Waals surface area contributed by atoms with Crippen molar-refractivity contribution in [2.75, 3.05) is 11.5 Å². The summed E-state index contributed by atoms with van der Waals surface area (Å²) in [6.45, 7) is 0.205. The van der Waals surface area contributed by atoms with Gasteiger partial charge in [0.1, 0.15) is 17.5 Å². The van der Waals surface area contributed by atoms with E-state index in [-0.39, 0.29) is 35.0 Å². The molecule has 3 aromatic rings. The molecule has 4 N–H and O–H groups in total. The highest BCUT2D eigenvalue weighted by molar-refractivity contribution is 8.00. The fraction of sp³-hybridized carbons (Fsp3) is 0.304. The molecule has 0 spiro atoms. The largest absolute Gasteiger partial charge is 0.543 e. The minimum absolute atomic E-state index is 0.0353. The Bertz CT molecular complexity index is 1590. The number of fused-ring (bicyclic) bond motifs is 1. The maximum atomic E-state index is 13.2. The summed E-state index contributed by atoms with van der Waals surface area (Å²) in [5.74, 6) is -2.13. The second-order valence-electron chi connectivity index (χ2n) is 9.14. The van der Waals surface area contributed by atoms with Crippen molar-refractivity contribution in [3.63, 3.8) is 0 Å². The van der Waals surface area contributed by atoms with Gasteiger partial charge in [-0.2, -0.15) is 14.6 Å². The lowest BCUT2D eigenvalue weighted by atomic mass is 10.0. The molecule has 1 fully saturated rings. The van der Waals surface area contributed by atoms with Crippen LogP contribution in [0, 0.1) is 0 Å². The molecule has 41 heavy (non-hydrogen) atoms. The topological polar surface area (TPSA) is 221 Å². The van der Waals surface area contributed by atoms with Gasteiger partial charge >= 0.3 is 0 Å². The molecule has 18 heteroatoms. The van der Waals surface area contributed by atoms with Gasteiger partial charge in [-0.05, 0) is 24.1 Å². The molecule has 0 saturated carbocycles. The third-order valence-electron chi connectivity index (χ3n) is 6.51. The van der Waals surface area contributed by atoms with E-state index in [0.29, 0.717) is 23.6 Å². The third kappa shape index (κ3) is 5.25. The number of rotatable bonds is 9. The fourth-order valence-corrected chi connectivity index (χ4v) is 6.32. The number of amides is 2. The van der Waals surface area contributed by atoms with Crippen LogP contribution >= 0.6 is 23.3 Å². The average Bonchev–Trinajstić information content (AvgIpc) is 3.76. The van der Waals surface area contributed by atoms with Crippen molar-refractivity contribution in [2.24, 2.45) is 5.16 Å². The standard InChI is InChI=1S/C23H21N11O5S2/c24-23-26-18(30-41-23)14(29-39-13-3-1-2-4-13)19(35)25-15-20(36)34-16(22(37)38)12(10-40-21(15)34)9-33-7-5-11(6-8-33)17-27-31-32-28-17/h1,3,5-8,13,15,21H,2,4,9-10H2,(H4,24,25,26,30,35,37,38)/t13?,15?,21-/m0/s1. The first-order valence-electron chi connectivity index (χ1n) is 12.3. The van der Waals surface area contributed by atoms with Crippen molar-refractivity contribution < 1.29 is 28.9 Å². The number of hydrogen-bond donors (Lipinski definition) is 3. The van der Waals surface area contributed by atoms with E-state index in [1.54, 1.807) is 29.1 Å². The fourth-order valence-electron chi connectivity index (χ4n) is 4.55. The molecule has 2 unspecified atom stereocenters. The van der Waals surface area contributed by atoms with Crippen molar-refractivity contribution in [1.29, 1.82) is 0 Å². The third-order valence-corrected chi connectivity index (χ3v) is 8.39. The first-order valence-corrected chi connectivity index (χ1v) is 14.1. The maximum absolute atomic E-state index is 13.2. The van der Waals surface area contributed by atoms with Gasteiger partial charge in [0.25, 0.3) is 11.8 Å². The lowest BCUT2D eigenvalue weighted by molar-refractivity contribution is -0.689. The molecule has 3 aromatic heterocycles. The van der Waals surface area contributed by atoms with Gasteiger partial charge in [-0.15, -0.1) is 22.0 Å². The SMILES string of the molecule is Nc1nc(C(=NOC2C=CCC2)C(=O)NC2C(=O)N3C(C(=O)[O-])=C(C[n+]4ccc(-c5nn[nH]n5)cc4)CS[C@@H]23)ns1. The van der Waals surface area contributed by atoms with Gasteiger partial charge in [-0.3, -0.25) is 14.5 Å². The number of aromatic nitrogens is 7. The van der Waals surface area contributed by atoms with E-state index in [0.717, 1.165) is 28.4 Å². The predicted molar refractivity (Wildman–Crippen MR) is 141 cm³/mol. The number of aliphatic carboxylic acids is 1. The molecule has 2 aliphatic heterocycles. The molecule has 1 saturated heterocycles. The molecule has 1 aliphatic carbocycles. The summed E-state index contributed by atoms with van der Waals surface area (Å²) in [4.78, 5) is 49.2. The number of nitrogen functional groups attached to an aromatic ring is 1. The molecular formula is C23H21N11O5S2. The molecule has 3 atom stereocenters. The van der Waals surface area contributed by atoms with E-state index in [1.165, 1.54) is 11.8 Å². The van der Waals surface area contributed by atoms with E-state index in [4.69, 9.17) is 10.6 Å². The van der Waals surface area contributed by atoms with Crippen molar-refractivity contribution in [1.82, 2.24) is 40.2 Å². The number of tetrazole rings is 1. The normalized spacial score (nSPS) is 22.0. The molecule has 3 aliphatic rings. The molecule has 0 bridgehead atoms. The Hall–Kier alpha value is -4.71. The van der Waals surface area contributed by atoms with Crippen LogP contribution in [0.25, 0.3) is 11.4 Å². The summed E-state index contributed by atoms with van der Waals surface area (Å²) >= 11 is 2.21. The Morgan fingerprint density at radius 3 is 2.83 bits per heavy atom. The number of aromatic amines is 1. The van der Waals surface area contributed by atoms with Gasteiger partial charge in [0.2, 0.25) is 17.4 Å². The second kappa shape index (κ2) is 11.0. The summed E-state index contributed by atoms with van der Waals surface area (Å²) in [7, 11) is 0. The highest BCUT2D eigenvalue weighted by atomic mass is 32.2. The van der Waals surface area contributed by atoms with E-state index >= 15 is 0 Å². The number of pyridine rings is 1. The van der Waals surface area contributed by atoms with Crippen LogP contribution in [0.3, 0.4) is 0 Å². The van der Waals surface area contributed by atoms with E-state index < -0.39 is 29.2 Å². The number of carbonyl (C=O) groups excluding carboxylic acids is 3. The molecule has 0 aromatic carbocycles. The Kier molecular flexibility index (Phi) is 7.14. The number of allylic oxidation sites excluding steroid dienone is 1. The molecule has 210 valence electrons. The van der Waals surface area contributed by atoms with Gasteiger partial charge < -0.3 is 25.8 Å². The van der Waals surface area contributed by atoms with Gasteiger partial charge in [0, 0.05) is 40.6 Å². The maximum Gasteiger partial charge on any atom is 0.278 e. The predicted octanol–water partition coefficient (Wildman–Crippen LogP) is -1.87. The van der Waals surface area contributed by atoms with Gasteiger partial charge in [-0.25, -0.2) is 4.57 Å². The lowest BCUT2D eigenvalue weighted by Gasteiger charge is -2.50.